The molecule has 5 heteroatoms. The number of hydrogen-bond acceptors (Lipinski definition) is 2. The predicted molar refractivity (Wildman–Crippen MR) is 57.2 cm³/mol. The Morgan fingerprint density at radius 2 is 2.13 bits per heavy atom. The van der Waals surface area contributed by atoms with Gasteiger partial charge >= 0.3 is 0 Å². The van der Waals surface area contributed by atoms with E-state index in [1.165, 1.54) is 16.9 Å². The summed E-state index contributed by atoms with van der Waals surface area (Å²) >= 11 is 0. The van der Waals surface area contributed by atoms with Gasteiger partial charge < -0.3 is 5.32 Å². The van der Waals surface area contributed by atoms with Gasteiger partial charge in [-0.3, -0.25) is 4.68 Å². The molecule has 1 aromatic rings. The molecule has 1 aliphatic rings. The van der Waals surface area contributed by atoms with Gasteiger partial charge in [0.2, 0.25) is 0 Å². The molecule has 0 saturated carbocycles. The van der Waals surface area contributed by atoms with Crippen molar-refractivity contribution in [2.45, 2.75) is 32.7 Å². The second-order valence-corrected chi connectivity index (χ2v) is 3.36. The molecule has 0 bridgehead atoms. The van der Waals surface area contributed by atoms with Crippen LogP contribution in [-0.2, 0) is 5.92 Å². The Balaban J connectivity index is 0.000000711. The number of aromatic nitrogens is 2. The average Bonchev–Trinajstić information content (AvgIpc) is 2.52. The zero-order valence-corrected chi connectivity index (χ0v) is 9.30. The van der Waals surface area contributed by atoms with E-state index in [0.717, 1.165) is 20.0 Å². The normalized spacial score (nSPS) is 16.6. The highest BCUT2D eigenvalue weighted by atomic mass is 19.3. The maximum absolute atomic E-state index is 13.0. The molecule has 0 aliphatic carbocycles. The Hall–Kier alpha value is -0.970. The van der Waals surface area contributed by atoms with Crippen molar-refractivity contribution in [2.24, 2.45) is 0 Å². The van der Waals surface area contributed by atoms with E-state index in [4.69, 9.17) is 0 Å². The summed E-state index contributed by atoms with van der Waals surface area (Å²) in [7, 11) is 0. The molecule has 0 amide bonds. The Labute approximate surface area is 90.0 Å². The molecule has 0 radical (unpaired) electrons. The molecule has 1 fully saturated rings. The molecule has 88 valence electrons. The van der Waals surface area contributed by atoms with Crippen LogP contribution >= 0.6 is 0 Å². The standard InChI is InChI=1S/C8H11F2N3.C2H6.H2/c1-8(9,10)7-2-3-12-13(7)6-4-11-5-6;1-2;/h2-3,6,11H,4-5H2,1H3;1-2H3;1H. The summed E-state index contributed by atoms with van der Waals surface area (Å²) in [5.41, 5.74) is -0.000926. The molecule has 1 aliphatic heterocycles. The van der Waals surface area contributed by atoms with E-state index in [-0.39, 0.29) is 13.2 Å². The summed E-state index contributed by atoms with van der Waals surface area (Å²) in [5.74, 6) is -2.80. The summed E-state index contributed by atoms with van der Waals surface area (Å²) < 4.78 is 27.4. The third kappa shape index (κ3) is 2.53. The summed E-state index contributed by atoms with van der Waals surface area (Å²) in [6, 6.07) is 1.47. The van der Waals surface area contributed by atoms with Crippen molar-refractivity contribution < 1.29 is 10.2 Å². The first kappa shape index (κ1) is 12.1. The van der Waals surface area contributed by atoms with Crippen LogP contribution in [0.25, 0.3) is 0 Å². The lowest BCUT2D eigenvalue weighted by Crippen LogP contribution is -2.45. The van der Waals surface area contributed by atoms with Crippen LogP contribution in [0, 0.1) is 0 Å². The van der Waals surface area contributed by atoms with Crippen molar-refractivity contribution in [3.63, 3.8) is 0 Å². The minimum Gasteiger partial charge on any atom is -0.312 e. The fourth-order valence-corrected chi connectivity index (χ4v) is 1.40. The number of nitrogens with one attached hydrogen (secondary N) is 1. The van der Waals surface area contributed by atoms with Gasteiger partial charge in [0.05, 0.1) is 6.04 Å². The molecular formula is C10H19F2N3. The molecular weight excluding hydrogens is 200 g/mol. The lowest BCUT2D eigenvalue weighted by Gasteiger charge is -2.29. The number of rotatable bonds is 2. The van der Waals surface area contributed by atoms with Gasteiger partial charge in [-0.05, 0) is 6.07 Å². The average molecular weight is 219 g/mol. The van der Waals surface area contributed by atoms with Crippen LogP contribution in [0.4, 0.5) is 8.78 Å². The fourth-order valence-electron chi connectivity index (χ4n) is 1.40. The van der Waals surface area contributed by atoms with Crippen molar-refractivity contribution in [2.75, 3.05) is 13.1 Å². The smallest absolute Gasteiger partial charge is 0.286 e. The van der Waals surface area contributed by atoms with Crippen molar-refractivity contribution in [1.82, 2.24) is 15.1 Å². The first-order chi connectivity index (χ1) is 7.09. The molecule has 0 atom stereocenters. The minimum absolute atomic E-state index is 0. The third-order valence-electron chi connectivity index (χ3n) is 2.23. The van der Waals surface area contributed by atoms with Gasteiger partial charge in [-0.15, -0.1) is 0 Å². The second kappa shape index (κ2) is 4.70. The SMILES string of the molecule is CC.CC(F)(F)c1ccnn1C1CNC1.[HH]. The third-order valence-corrected chi connectivity index (χ3v) is 2.23. The predicted octanol–water partition coefficient (Wildman–Crippen LogP) is 2.41. The molecule has 1 saturated heterocycles. The largest absolute Gasteiger partial charge is 0.312 e. The minimum atomic E-state index is -2.80. The van der Waals surface area contributed by atoms with Crippen LogP contribution in [0.15, 0.2) is 12.3 Å². The highest BCUT2D eigenvalue weighted by molar-refractivity contribution is 5.09. The lowest BCUT2D eigenvalue weighted by molar-refractivity contribution is 0.00477. The Kier molecular flexibility index (Phi) is 3.79. The first-order valence-corrected chi connectivity index (χ1v) is 5.21. The van der Waals surface area contributed by atoms with Gasteiger partial charge in [0.1, 0.15) is 5.69 Å². The Morgan fingerprint density at radius 3 is 2.53 bits per heavy atom. The quantitative estimate of drug-likeness (QED) is 0.827. The molecule has 0 unspecified atom stereocenters. The van der Waals surface area contributed by atoms with Crippen LogP contribution in [-0.4, -0.2) is 22.9 Å². The topological polar surface area (TPSA) is 29.9 Å². The first-order valence-electron chi connectivity index (χ1n) is 5.21. The maximum atomic E-state index is 13.0. The van der Waals surface area contributed by atoms with E-state index in [9.17, 15) is 8.78 Å². The molecule has 0 aromatic carbocycles. The van der Waals surface area contributed by atoms with E-state index >= 15 is 0 Å². The second-order valence-electron chi connectivity index (χ2n) is 3.36. The molecule has 3 nitrogen and oxygen atoms in total. The van der Waals surface area contributed by atoms with E-state index < -0.39 is 5.92 Å². The lowest BCUT2D eigenvalue weighted by atomic mass is 10.1. The van der Waals surface area contributed by atoms with Crippen molar-refractivity contribution in [1.29, 1.82) is 0 Å². The molecule has 2 rings (SSSR count). The highest BCUT2D eigenvalue weighted by Crippen LogP contribution is 2.28. The fraction of sp³-hybridized carbons (Fsp3) is 0.700. The monoisotopic (exact) mass is 219 g/mol. The van der Waals surface area contributed by atoms with E-state index in [1.807, 2.05) is 13.8 Å². The van der Waals surface area contributed by atoms with Gasteiger partial charge in [0.15, 0.2) is 0 Å². The molecule has 0 spiro atoms. The van der Waals surface area contributed by atoms with E-state index in [2.05, 4.69) is 10.4 Å². The molecule has 1 N–H and O–H groups in total. The van der Waals surface area contributed by atoms with Crippen LogP contribution in [0.1, 0.15) is 33.9 Å². The molecule has 2 heterocycles. The van der Waals surface area contributed by atoms with Gasteiger partial charge in [0, 0.05) is 27.6 Å². The Bertz CT molecular complexity index is 305. The van der Waals surface area contributed by atoms with Crippen molar-refractivity contribution in [3.8, 4) is 0 Å². The van der Waals surface area contributed by atoms with Crippen LogP contribution in [0.3, 0.4) is 0 Å². The summed E-state index contributed by atoms with van der Waals surface area (Å²) in [4.78, 5) is 0. The van der Waals surface area contributed by atoms with Crippen molar-refractivity contribution in [3.05, 3.63) is 18.0 Å². The number of hydrogen-bond donors (Lipinski definition) is 1. The number of nitrogens with zero attached hydrogens (tertiary/aromatic N) is 2. The maximum Gasteiger partial charge on any atom is 0.286 e. The van der Waals surface area contributed by atoms with E-state index in [1.54, 1.807) is 0 Å². The summed E-state index contributed by atoms with van der Waals surface area (Å²) in [6.45, 7) is 6.35. The highest BCUT2D eigenvalue weighted by Gasteiger charge is 2.32. The van der Waals surface area contributed by atoms with Crippen LogP contribution < -0.4 is 5.32 Å². The zero-order valence-electron chi connectivity index (χ0n) is 9.30. The van der Waals surface area contributed by atoms with Crippen molar-refractivity contribution >= 4 is 0 Å². The van der Waals surface area contributed by atoms with Crippen LogP contribution in [0.2, 0.25) is 0 Å². The van der Waals surface area contributed by atoms with Gasteiger partial charge in [-0.2, -0.15) is 13.9 Å². The molecule has 1 aromatic heterocycles. The van der Waals surface area contributed by atoms with Gasteiger partial charge in [0.25, 0.3) is 5.92 Å². The summed E-state index contributed by atoms with van der Waals surface area (Å²) in [6.07, 6.45) is 1.42. The van der Waals surface area contributed by atoms with Gasteiger partial charge in [-0.25, -0.2) is 0 Å². The van der Waals surface area contributed by atoms with Crippen LogP contribution in [0.5, 0.6) is 0 Å². The number of halogens is 2. The molecule has 15 heavy (non-hydrogen) atoms. The van der Waals surface area contributed by atoms with E-state index in [0.29, 0.717) is 0 Å². The summed E-state index contributed by atoms with van der Waals surface area (Å²) in [5, 5.41) is 6.92. The van der Waals surface area contributed by atoms with Gasteiger partial charge in [-0.1, -0.05) is 13.8 Å². The number of alkyl halides is 2. The Morgan fingerprint density at radius 1 is 1.53 bits per heavy atom. The zero-order chi connectivity index (χ0) is 11.5.